The van der Waals surface area contributed by atoms with Gasteiger partial charge in [-0.1, -0.05) is 6.07 Å². The van der Waals surface area contributed by atoms with Gasteiger partial charge in [0.2, 0.25) is 0 Å². The van der Waals surface area contributed by atoms with Crippen molar-refractivity contribution in [3.05, 3.63) is 23.3 Å². The molecule has 4 aliphatic rings. The average Bonchev–Trinajstić information content (AvgIpc) is 2.90. The molecule has 23 heavy (non-hydrogen) atoms. The number of benzene rings is 1. The Kier molecular flexibility index (Phi) is 2.85. The van der Waals surface area contributed by atoms with Crippen molar-refractivity contribution in [3.8, 4) is 11.5 Å². The van der Waals surface area contributed by atoms with Gasteiger partial charge in [-0.2, -0.15) is 0 Å². The normalized spacial score (nSPS) is 40.6. The molecular weight excluding hydrogens is 290 g/mol. The fourth-order valence-electron chi connectivity index (χ4n) is 6.07. The molecule has 0 unspecified atom stereocenters. The van der Waals surface area contributed by atoms with Crippen LogP contribution in [0, 0.1) is 5.92 Å². The fourth-order valence-corrected chi connectivity index (χ4v) is 6.07. The highest BCUT2D eigenvalue weighted by Crippen LogP contribution is 2.63. The topological polar surface area (TPSA) is 41.9 Å². The minimum atomic E-state index is 0.0525. The molecule has 0 amide bonds. The minimum Gasteiger partial charge on any atom is -0.504 e. The summed E-state index contributed by atoms with van der Waals surface area (Å²) in [5, 5.41) is 10.4. The third-order valence-electron chi connectivity index (χ3n) is 6.92. The largest absolute Gasteiger partial charge is 0.504 e. The zero-order valence-electron chi connectivity index (χ0n) is 13.9. The van der Waals surface area contributed by atoms with E-state index in [-0.39, 0.29) is 17.6 Å². The number of piperidine rings is 1. The van der Waals surface area contributed by atoms with E-state index in [9.17, 15) is 5.11 Å². The number of nitrogens with zero attached hydrogens (tertiary/aromatic N) is 1. The van der Waals surface area contributed by atoms with Crippen LogP contribution in [-0.2, 0) is 16.6 Å². The van der Waals surface area contributed by atoms with Crippen molar-refractivity contribution in [1.29, 1.82) is 0 Å². The monoisotopic (exact) mass is 315 g/mol. The van der Waals surface area contributed by atoms with Crippen LogP contribution in [0.1, 0.15) is 37.3 Å². The van der Waals surface area contributed by atoms with E-state index in [1.54, 1.807) is 0 Å². The maximum absolute atomic E-state index is 10.4. The lowest BCUT2D eigenvalue weighted by molar-refractivity contribution is -0.120. The van der Waals surface area contributed by atoms with E-state index in [2.05, 4.69) is 24.9 Å². The molecule has 0 aromatic heterocycles. The third-order valence-corrected chi connectivity index (χ3v) is 6.92. The Morgan fingerprint density at radius 2 is 2.26 bits per heavy atom. The summed E-state index contributed by atoms with van der Waals surface area (Å²) in [6, 6.07) is 4.53. The Balaban J connectivity index is 1.73. The second kappa shape index (κ2) is 4.64. The molecule has 4 heteroatoms. The van der Waals surface area contributed by atoms with Gasteiger partial charge in [0.1, 0.15) is 6.10 Å². The maximum atomic E-state index is 10.4. The standard InChI is InChI=1S/C19H25NO3/c1-3-22-15-7-5-12-13-10-11-4-6-14(21)17-16(11)19(12,18(15)23-17)8-9-20(13)2/h4,6,12-13,15,18,21H,3,5,7-10H2,1-2H3/t12-,13+,15+,18-,19-/m0/s1. The van der Waals surface area contributed by atoms with E-state index in [0.29, 0.717) is 17.7 Å². The van der Waals surface area contributed by atoms with Crippen molar-refractivity contribution in [2.75, 3.05) is 20.2 Å². The summed E-state index contributed by atoms with van der Waals surface area (Å²) in [4.78, 5) is 2.54. The van der Waals surface area contributed by atoms with Crippen molar-refractivity contribution >= 4 is 0 Å². The van der Waals surface area contributed by atoms with Crippen molar-refractivity contribution in [1.82, 2.24) is 4.90 Å². The lowest BCUT2D eigenvalue weighted by atomic mass is 9.51. The summed E-state index contributed by atoms with van der Waals surface area (Å²) in [5.74, 6) is 1.68. The van der Waals surface area contributed by atoms with Crippen molar-refractivity contribution in [2.24, 2.45) is 5.92 Å². The Labute approximate surface area is 137 Å². The molecule has 1 N–H and O–H groups in total. The number of phenolic OH excluding ortho intramolecular Hbond substituents is 1. The smallest absolute Gasteiger partial charge is 0.165 e. The van der Waals surface area contributed by atoms with Crippen LogP contribution < -0.4 is 4.74 Å². The first kappa shape index (κ1) is 14.1. The number of aromatic hydroxyl groups is 1. The molecule has 1 aromatic carbocycles. The van der Waals surface area contributed by atoms with Crippen molar-refractivity contribution < 1.29 is 14.6 Å². The van der Waals surface area contributed by atoms with Crippen LogP contribution >= 0.6 is 0 Å². The van der Waals surface area contributed by atoms with Gasteiger partial charge in [-0.3, -0.25) is 0 Å². The summed E-state index contributed by atoms with van der Waals surface area (Å²) >= 11 is 0. The van der Waals surface area contributed by atoms with Gasteiger partial charge in [0.05, 0.1) is 6.10 Å². The van der Waals surface area contributed by atoms with Gasteiger partial charge in [0, 0.05) is 23.6 Å². The van der Waals surface area contributed by atoms with Crippen molar-refractivity contribution in [3.63, 3.8) is 0 Å². The molecule has 1 spiro atoms. The van der Waals surface area contributed by atoms with Gasteiger partial charge in [-0.15, -0.1) is 0 Å². The highest BCUT2D eigenvalue weighted by Gasteiger charge is 2.65. The Bertz CT molecular complexity index is 660. The third kappa shape index (κ3) is 1.59. The molecule has 5 rings (SSSR count). The van der Waals surface area contributed by atoms with Crippen LogP contribution in [-0.4, -0.2) is 48.5 Å². The lowest BCUT2D eigenvalue weighted by Crippen LogP contribution is -2.66. The first-order chi connectivity index (χ1) is 11.2. The molecule has 1 saturated heterocycles. The lowest BCUT2D eigenvalue weighted by Gasteiger charge is -2.58. The van der Waals surface area contributed by atoms with Crippen LogP contribution in [0.15, 0.2) is 12.1 Å². The molecule has 0 radical (unpaired) electrons. The van der Waals surface area contributed by atoms with E-state index in [1.807, 2.05) is 6.07 Å². The Morgan fingerprint density at radius 3 is 3.09 bits per heavy atom. The van der Waals surface area contributed by atoms with Crippen molar-refractivity contribution in [2.45, 2.75) is 56.3 Å². The molecule has 2 aliphatic heterocycles. The van der Waals surface area contributed by atoms with E-state index in [1.165, 1.54) is 17.5 Å². The molecule has 124 valence electrons. The quantitative estimate of drug-likeness (QED) is 0.910. The van der Waals surface area contributed by atoms with E-state index >= 15 is 0 Å². The first-order valence-electron chi connectivity index (χ1n) is 9.00. The van der Waals surface area contributed by atoms with Gasteiger partial charge >= 0.3 is 0 Å². The van der Waals surface area contributed by atoms with Crippen LogP contribution in [0.3, 0.4) is 0 Å². The van der Waals surface area contributed by atoms with Crippen LogP contribution in [0.5, 0.6) is 11.5 Å². The molecule has 2 aliphatic carbocycles. The molecule has 1 saturated carbocycles. The maximum Gasteiger partial charge on any atom is 0.165 e. The zero-order chi connectivity index (χ0) is 15.8. The van der Waals surface area contributed by atoms with Crippen LogP contribution in [0.4, 0.5) is 0 Å². The molecule has 4 nitrogen and oxygen atoms in total. The molecule has 1 aromatic rings. The molecular formula is C19H25NO3. The highest BCUT2D eigenvalue weighted by atomic mass is 16.5. The fraction of sp³-hybridized carbons (Fsp3) is 0.684. The number of phenols is 1. The molecule has 2 bridgehead atoms. The predicted octanol–water partition coefficient (Wildman–Crippen LogP) is 2.47. The molecule has 2 fully saturated rings. The predicted molar refractivity (Wildman–Crippen MR) is 87.1 cm³/mol. The van der Waals surface area contributed by atoms with Gasteiger partial charge in [0.25, 0.3) is 0 Å². The van der Waals surface area contributed by atoms with Crippen LogP contribution in [0.2, 0.25) is 0 Å². The van der Waals surface area contributed by atoms with Gasteiger partial charge < -0.3 is 19.5 Å². The number of ether oxygens (including phenoxy) is 2. The SMILES string of the molecule is CCO[C@@H]1CC[C@H]2[C@H]3Cc4ccc(O)c5c4[C@@]2(CCN3C)[C@H]1O5. The number of likely N-dealkylation sites (tertiary alicyclic amines) is 1. The molecule has 5 atom stereocenters. The number of hydrogen-bond acceptors (Lipinski definition) is 4. The first-order valence-corrected chi connectivity index (χ1v) is 9.00. The Morgan fingerprint density at radius 1 is 1.39 bits per heavy atom. The summed E-state index contributed by atoms with van der Waals surface area (Å²) in [5.41, 5.74) is 2.75. The number of hydrogen-bond donors (Lipinski definition) is 1. The minimum absolute atomic E-state index is 0.0525. The van der Waals surface area contributed by atoms with Crippen LogP contribution in [0.25, 0.3) is 0 Å². The summed E-state index contributed by atoms with van der Waals surface area (Å²) in [6.07, 6.45) is 4.69. The average molecular weight is 315 g/mol. The summed E-state index contributed by atoms with van der Waals surface area (Å²) in [7, 11) is 2.27. The summed E-state index contributed by atoms with van der Waals surface area (Å²) in [6.45, 7) is 3.89. The van der Waals surface area contributed by atoms with E-state index in [0.717, 1.165) is 38.2 Å². The van der Waals surface area contributed by atoms with E-state index in [4.69, 9.17) is 9.47 Å². The summed E-state index contributed by atoms with van der Waals surface area (Å²) < 4.78 is 12.5. The number of likely N-dealkylation sites (N-methyl/N-ethyl adjacent to an activating group) is 1. The zero-order valence-corrected chi connectivity index (χ0v) is 13.9. The second-order valence-electron chi connectivity index (χ2n) is 7.71. The van der Waals surface area contributed by atoms with E-state index < -0.39 is 0 Å². The molecule has 2 heterocycles. The highest BCUT2D eigenvalue weighted by molar-refractivity contribution is 5.60. The van der Waals surface area contributed by atoms with Gasteiger partial charge in [-0.25, -0.2) is 0 Å². The second-order valence-corrected chi connectivity index (χ2v) is 7.71. The van der Waals surface area contributed by atoms with Gasteiger partial charge in [-0.05, 0) is 63.7 Å². The Hall–Kier alpha value is -1.26. The van der Waals surface area contributed by atoms with Gasteiger partial charge in [0.15, 0.2) is 11.5 Å². The number of rotatable bonds is 2.